The molecule has 0 aliphatic heterocycles. The van der Waals surface area contributed by atoms with E-state index in [-0.39, 0.29) is 0 Å². The fourth-order valence-electron chi connectivity index (χ4n) is 1.13. The zero-order valence-electron chi connectivity index (χ0n) is 7.85. The molecule has 0 unspecified atom stereocenters. The Morgan fingerprint density at radius 1 is 1.27 bits per heavy atom. The molecule has 0 amide bonds. The van der Waals surface area contributed by atoms with E-state index in [1.165, 1.54) is 0 Å². The molecule has 76 valence electrons. The third kappa shape index (κ3) is 2.39. The fourth-order valence-corrected chi connectivity index (χ4v) is 1.31. The van der Waals surface area contributed by atoms with Crippen LogP contribution in [0.15, 0.2) is 42.7 Å². The lowest BCUT2D eigenvalue weighted by Crippen LogP contribution is -1.92. The number of halogens is 1. The quantitative estimate of drug-likeness (QED) is 0.846. The molecule has 1 aromatic carbocycles. The first-order chi connectivity index (χ1) is 7.25. The minimum atomic E-state index is 0.528. The summed E-state index contributed by atoms with van der Waals surface area (Å²) in [5.74, 6) is 1.17. The number of pyridine rings is 1. The molecule has 15 heavy (non-hydrogen) atoms. The Bertz CT molecular complexity index is 474. The van der Waals surface area contributed by atoms with Gasteiger partial charge in [0.25, 0.3) is 0 Å². The average molecular weight is 221 g/mol. The van der Waals surface area contributed by atoms with Crippen LogP contribution in [0, 0.1) is 0 Å². The van der Waals surface area contributed by atoms with E-state index in [4.69, 9.17) is 22.1 Å². The molecule has 2 aromatic rings. The second-order valence-electron chi connectivity index (χ2n) is 2.97. The largest absolute Gasteiger partial charge is 0.454 e. The predicted molar refractivity (Wildman–Crippen MR) is 60.2 cm³/mol. The number of anilines is 1. The van der Waals surface area contributed by atoms with Gasteiger partial charge in [-0.25, -0.2) is 0 Å². The van der Waals surface area contributed by atoms with Gasteiger partial charge < -0.3 is 10.5 Å². The van der Waals surface area contributed by atoms with E-state index in [1.54, 1.807) is 36.7 Å². The van der Waals surface area contributed by atoms with Gasteiger partial charge in [-0.3, -0.25) is 4.98 Å². The number of hydrogen-bond acceptors (Lipinski definition) is 3. The lowest BCUT2D eigenvalue weighted by atomic mass is 10.3. The van der Waals surface area contributed by atoms with Gasteiger partial charge in [0.1, 0.15) is 5.75 Å². The van der Waals surface area contributed by atoms with Crippen LogP contribution in [0.2, 0.25) is 5.02 Å². The van der Waals surface area contributed by atoms with Gasteiger partial charge >= 0.3 is 0 Å². The number of hydrogen-bond donors (Lipinski definition) is 1. The van der Waals surface area contributed by atoms with E-state index in [2.05, 4.69) is 4.98 Å². The maximum absolute atomic E-state index is 5.82. The van der Waals surface area contributed by atoms with Crippen molar-refractivity contribution in [2.24, 2.45) is 0 Å². The molecule has 2 rings (SSSR count). The van der Waals surface area contributed by atoms with Gasteiger partial charge in [0.15, 0.2) is 5.75 Å². The van der Waals surface area contributed by atoms with Crippen LogP contribution in [-0.2, 0) is 0 Å². The van der Waals surface area contributed by atoms with Crippen LogP contribution in [0.3, 0.4) is 0 Å². The van der Waals surface area contributed by atoms with Crippen LogP contribution in [-0.4, -0.2) is 4.98 Å². The summed E-state index contributed by atoms with van der Waals surface area (Å²) in [6.45, 7) is 0. The number of nitrogens with two attached hydrogens (primary N) is 1. The molecule has 0 saturated heterocycles. The van der Waals surface area contributed by atoms with Crippen molar-refractivity contribution in [1.82, 2.24) is 4.98 Å². The van der Waals surface area contributed by atoms with E-state index in [0.717, 1.165) is 0 Å². The van der Waals surface area contributed by atoms with Crippen molar-refractivity contribution in [3.05, 3.63) is 47.7 Å². The van der Waals surface area contributed by atoms with E-state index in [9.17, 15) is 0 Å². The van der Waals surface area contributed by atoms with Gasteiger partial charge in [0.05, 0.1) is 11.9 Å². The van der Waals surface area contributed by atoms with Crippen LogP contribution < -0.4 is 10.5 Å². The molecule has 0 aliphatic carbocycles. The average Bonchev–Trinajstić information content (AvgIpc) is 2.22. The molecular formula is C11H9ClN2O. The Labute approximate surface area is 92.5 Å². The maximum atomic E-state index is 5.82. The monoisotopic (exact) mass is 220 g/mol. The Balaban J connectivity index is 2.26. The molecule has 0 fully saturated rings. The molecule has 2 N–H and O–H groups in total. The molecule has 4 heteroatoms. The highest BCUT2D eigenvalue weighted by Gasteiger charge is 2.01. The Morgan fingerprint density at radius 2 is 2.13 bits per heavy atom. The molecule has 3 nitrogen and oxygen atoms in total. The fraction of sp³-hybridized carbons (Fsp3) is 0. The second kappa shape index (κ2) is 4.19. The maximum Gasteiger partial charge on any atom is 0.168 e. The van der Waals surface area contributed by atoms with Crippen molar-refractivity contribution >= 4 is 17.3 Å². The molecule has 0 radical (unpaired) electrons. The third-order valence-corrected chi connectivity index (χ3v) is 2.08. The third-order valence-electron chi connectivity index (χ3n) is 1.84. The van der Waals surface area contributed by atoms with E-state index >= 15 is 0 Å². The number of rotatable bonds is 2. The summed E-state index contributed by atoms with van der Waals surface area (Å²) in [6.07, 6.45) is 3.18. The molecular weight excluding hydrogens is 212 g/mol. The number of benzene rings is 1. The predicted octanol–water partition coefficient (Wildman–Crippen LogP) is 3.11. The van der Waals surface area contributed by atoms with Gasteiger partial charge in [0.2, 0.25) is 0 Å². The highest BCUT2D eigenvalue weighted by molar-refractivity contribution is 6.30. The first-order valence-corrected chi connectivity index (χ1v) is 4.76. The standard InChI is InChI=1S/C11H9ClN2O/c12-8-2-1-3-9(6-8)15-11-7-14-5-4-10(11)13/h1-7H,(H2,13,14). The van der Waals surface area contributed by atoms with Crippen molar-refractivity contribution in [3.63, 3.8) is 0 Å². The Morgan fingerprint density at radius 3 is 2.87 bits per heavy atom. The van der Waals surface area contributed by atoms with Gasteiger partial charge in [0, 0.05) is 11.2 Å². The molecule has 0 bridgehead atoms. The summed E-state index contributed by atoms with van der Waals surface area (Å²) in [4.78, 5) is 3.93. The minimum Gasteiger partial charge on any atom is -0.454 e. The van der Waals surface area contributed by atoms with Gasteiger partial charge in [-0.05, 0) is 24.3 Å². The second-order valence-corrected chi connectivity index (χ2v) is 3.41. The minimum absolute atomic E-state index is 0.528. The van der Waals surface area contributed by atoms with E-state index in [1.807, 2.05) is 6.07 Å². The van der Waals surface area contributed by atoms with Crippen molar-refractivity contribution < 1.29 is 4.74 Å². The molecule has 0 saturated carbocycles. The number of aromatic nitrogens is 1. The van der Waals surface area contributed by atoms with Gasteiger partial charge in [-0.15, -0.1) is 0 Å². The summed E-state index contributed by atoms with van der Waals surface area (Å²) in [5.41, 5.74) is 6.25. The van der Waals surface area contributed by atoms with Gasteiger partial charge in [-0.2, -0.15) is 0 Å². The Kier molecular flexibility index (Phi) is 2.74. The number of ether oxygens (including phenoxy) is 1. The summed E-state index contributed by atoms with van der Waals surface area (Å²) in [6, 6.07) is 8.79. The molecule has 1 heterocycles. The Hall–Kier alpha value is -1.74. The topological polar surface area (TPSA) is 48.1 Å². The first kappa shape index (κ1) is 9.80. The molecule has 1 aromatic heterocycles. The lowest BCUT2D eigenvalue weighted by molar-refractivity contribution is 0.483. The van der Waals surface area contributed by atoms with Crippen molar-refractivity contribution in [1.29, 1.82) is 0 Å². The summed E-state index contributed by atoms with van der Waals surface area (Å²) in [5, 5.41) is 0.620. The van der Waals surface area contributed by atoms with Gasteiger partial charge in [-0.1, -0.05) is 17.7 Å². The van der Waals surface area contributed by atoms with Crippen LogP contribution >= 0.6 is 11.6 Å². The van der Waals surface area contributed by atoms with E-state index in [0.29, 0.717) is 22.2 Å². The SMILES string of the molecule is Nc1ccncc1Oc1cccc(Cl)c1. The van der Waals surface area contributed by atoms with Crippen LogP contribution in [0.1, 0.15) is 0 Å². The molecule has 0 spiro atoms. The smallest absolute Gasteiger partial charge is 0.168 e. The van der Waals surface area contributed by atoms with Crippen molar-refractivity contribution in [2.75, 3.05) is 5.73 Å². The first-order valence-electron chi connectivity index (χ1n) is 4.38. The van der Waals surface area contributed by atoms with Crippen molar-refractivity contribution in [3.8, 4) is 11.5 Å². The molecule has 0 atom stereocenters. The number of nitrogen functional groups attached to an aromatic ring is 1. The van der Waals surface area contributed by atoms with Crippen molar-refractivity contribution in [2.45, 2.75) is 0 Å². The van der Waals surface area contributed by atoms with Crippen LogP contribution in [0.5, 0.6) is 11.5 Å². The lowest BCUT2D eigenvalue weighted by Gasteiger charge is -2.07. The highest BCUT2D eigenvalue weighted by atomic mass is 35.5. The zero-order valence-corrected chi connectivity index (χ0v) is 8.61. The van der Waals surface area contributed by atoms with Crippen LogP contribution in [0.4, 0.5) is 5.69 Å². The normalized spacial score (nSPS) is 9.93. The summed E-state index contributed by atoms with van der Waals surface area (Å²) < 4.78 is 5.52. The van der Waals surface area contributed by atoms with E-state index < -0.39 is 0 Å². The highest BCUT2D eigenvalue weighted by Crippen LogP contribution is 2.27. The number of nitrogens with zero attached hydrogens (tertiary/aromatic N) is 1. The summed E-state index contributed by atoms with van der Waals surface area (Å²) >= 11 is 5.82. The molecule has 0 aliphatic rings. The zero-order chi connectivity index (χ0) is 10.7. The van der Waals surface area contributed by atoms with Crippen LogP contribution in [0.25, 0.3) is 0 Å². The summed E-state index contributed by atoms with van der Waals surface area (Å²) in [7, 11) is 0.